The zero-order chi connectivity index (χ0) is 11.7. The summed E-state index contributed by atoms with van der Waals surface area (Å²) in [6.45, 7) is 10.1. The summed E-state index contributed by atoms with van der Waals surface area (Å²) in [6.07, 6.45) is 2.15. The molecule has 1 unspecified atom stereocenters. The molecule has 3 N–H and O–H groups in total. The number of carbonyl (C=O) groups excluding carboxylic acids is 1. The number of amides is 1. The molecular weight excluding hydrogens is 190 g/mol. The summed E-state index contributed by atoms with van der Waals surface area (Å²) in [5.41, 5.74) is 5.42. The van der Waals surface area contributed by atoms with E-state index in [4.69, 9.17) is 5.73 Å². The second-order valence-electron chi connectivity index (χ2n) is 3.81. The van der Waals surface area contributed by atoms with Gasteiger partial charge in [0.25, 0.3) is 0 Å². The molecule has 4 nitrogen and oxygen atoms in total. The van der Waals surface area contributed by atoms with Gasteiger partial charge < -0.3 is 16.0 Å². The average molecular weight is 215 g/mol. The van der Waals surface area contributed by atoms with Crippen molar-refractivity contribution < 1.29 is 4.79 Å². The molecule has 0 radical (unpaired) electrons. The van der Waals surface area contributed by atoms with Crippen LogP contribution in [-0.2, 0) is 4.79 Å². The number of rotatable bonds is 8. The Bertz CT molecular complexity index is 167. The molecule has 0 aromatic rings. The van der Waals surface area contributed by atoms with Crippen molar-refractivity contribution in [2.45, 2.75) is 39.7 Å². The van der Waals surface area contributed by atoms with Crippen molar-refractivity contribution in [3.63, 3.8) is 0 Å². The van der Waals surface area contributed by atoms with Gasteiger partial charge in [-0.2, -0.15) is 0 Å². The van der Waals surface area contributed by atoms with E-state index < -0.39 is 6.04 Å². The summed E-state index contributed by atoms with van der Waals surface area (Å²) in [4.78, 5) is 13.5. The van der Waals surface area contributed by atoms with Gasteiger partial charge in [-0.05, 0) is 39.4 Å². The molecule has 0 fully saturated rings. The van der Waals surface area contributed by atoms with Crippen LogP contribution in [0.4, 0.5) is 0 Å². The molecule has 90 valence electrons. The smallest absolute Gasteiger partial charge is 0.236 e. The Morgan fingerprint density at radius 1 is 1.33 bits per heavy atom. The van der Waals surface area contributed by atoms with Crippen LogP contribution >= 0.6 is 0 Å². The van der Waals surface area contributed by atoms with E-state index in [0.717, 1.165) is 39.0 Å². The van der Waals surface area contributed by atoms with Gasteiger partial charge in [-0.25, -0.2) is 0 Å². The minimum Gasteiger partial charge on any atom is -0.355 e. The normalized spacial score (nSPS) is 12.9. The molecule has 1 amide bonds. The molecule has 0 rings (SSSR count). The number of carbonyl (C=O) groups is 1. The van der Waals surface area contributed by atoms with E-state index in [1.54, 1.807) is 6.92 Å². The van der Waals surface area contributed by atoms with Crippen LogP contribution in [0.5, 0.6) is 0 Å². The van der Waals surface area contributed by atoms with Crippen molar-refractivity contribution in [2.24, 2.45) is 5.73 Å². The van der Waals surface area contributed by atoms with Gasteiger partial charge in [0, 0.05) is 6.54 Å². The van der Waals surface area contributed by atoms with Gasteiger partial charge in [0.05, 0.1) is 6.04 Å². The maximum Gasteiger partial charge on any atom is 0.236 e. The first-order valence-corrected chi connectivity index (χ1v) is 5.87. The number of nitrogens with one attached hydrogen (secondary N) is 1. The molecule has 0 aliphatic carbocycles. The zero-order valence-corrected chi connectivity index (χ0v) is 10.3. The lowest BCUT2D eigenvalue weighted by Gasteiger charge is -2.17. The van der Waals surface area contributed by atoms with Gasteiger partial charge in [0.2, 0.25) is 5.91 Å². The zero-order valence-electron chi connectivity index (χ0n) is 10.3. The van der Waals surface area contributed by atoms with Crippen LogP contribution in [0.1, 0.15) is 33.6 Å². The maximum atomic E-state index is 11.1. The quantitative estimate of drug-likeness (QED) is 0.582. The van der Waals surface area contributed by atoms with Crippen molar-refractivity contribution in [1.29, 1.82) is 0 Å². The number of nitrogens with zero attached hydrogens (tertiary/aromatic N) is 1. The largest absolute Gasteiger partial charge is 0.355 e. The third-order valence-corrected chi connectivity index (χ3v) is 2.51. The molecule has 4 heteroatoms. The van der Waals surface area contributed by atoms with Crippen LogP contribution in [0.2, 0.25) is 0 Å². The maximum absolute atomic E-state index is 11.1. The molecule has 0 saturated heterocycles. The minimum absolute atomic E-state index is 0.0576. The van der Waals surface area contributed by atoms with Gasteiger partial charge in [-0.15, -0.1) is 0 Å². The summed E-state index contributed by atoms with van der Waals surface area (Å²) in [7, 11) is 0. The van der Waals surface area contributed by atoms with Crippen LogP contribution in [0.3, 0.4) is 0 Å². The van der Waals surface area contributed by atoms with Crippen molar-refractivity contribution in [2.75, 3.05) is 26.2 Å². The van der Waals surface area contributed by atoms with Crippen molar-refractivity contribution >= 4 is 5.91 Å². The third kappa shape index (κ3) is 7.33. The van der Waals surface area contributed by atoms with Crippen molar-refractivity contribution in [3.05, 3.63) is 0 Å². The molecule has 0 aliphatic heterocycles. The summed E-state index contributed by atoms with van der Waals surface area (Å²) >= 11 is 0. The van der Waals surface area contributed by atoms with Gasteiger partial charge >= 0.3 is 0 Å². The second kappa shape index (κ2) is 8.68. The van der Waals surface area contributed by atoms with Gasteiger partial charge in [-0.1, -0.05) is 13.8 Å². The predicted molar refractivity (Wildman–Crippen MR) is 63.7 cm³/mol. The van der Waals surface area contributed by atoms with Crippen LogP contribution in [0.15, 0.2) is 0 Å². The van der Waals surface area contributed by atoms with E-state index in [2.05, 4.69) is 24.1 Å². The van der Waals surface area contributed by atoms with Gasteiger partial charge in [0.15, 0.2) is 0 Å². The molecular formula is C11H25N3O. The molecule has 1 atom stereocenters. The summed E-state index contributed by atoms with van der Waals surface area (Å²) in [5, 5.41) is 2.81. The fourth-order valence-corrected chi connectivity index (χ4v) is 1.37. The molecule has 0 heterocycles. The first kappa shape index (κ1) is 14.4. The molecule has 0 spiro atoms. The van der Waals surface area contributed by atoms with E-state index in [9.17, 15) is 4.79 Å². The SMILES string of the molecule is CCN(CC)CCCCNC(=O)C(C)N. The third-order valence-electron chi connectivity index (χ3n) is 2.51. The van der Waals surface area contributed by atoms with E-state index in [-0.39, 0.29) is 5.91 Å². The molecule has 15 heavy (non-hydrogen) atoms. The van der Waals surface area contributed by atoms with E-state index >= 15 is 0 Å². The fourth-order valence-electron chi connectivity index (χ4n) is 1.37. The molecule has 0 aromatic carbocycles. The summed E-state index contributed by atoms with van der Waals surface area (Å²) in [6, 6.07) is -0.396. The Morgan fingerprint density at radius 3 is 2.40 bits per heavy atom. The Hall–Kier alpha value is -0.610. The summed E-state index contributed by atoms with van der Waals surface area (Å²) in [5.74, 6) is -0.0576. The summed E-state index contributed by atoms with van der Waals surface area (Å²) < 4.78 is 0. The lowest BCUT2D eigenvalue weighted by Crippen LogP contribution is -2.38. The topological polar surface area (TPSA) is 58.4 Å². The predicted octanol–water partition coefficient (Wildman–Crippen LogP) is 0.572. The Kier molecular flexibility index (Phi) is 8.33. The molecule has 0 saturated carbocycles. The van der Waals surface area contributed by atoms with Crippen molar-refractivity contribution in [1.82, 2.24) is 10.2 Å². The number of hydrogen-bond acceptors (Lipinski definition) is 3. The Morgan fingerprint density at radius 2 is 1.93 bits per heavy atom. The molecule has 0 aromatic heterocycles. The number of unbranched alkanes of at least 4 members (excludes halogenated alkanes) is 1. The Labute approximate surface area is 93.2 Å². The first-order chi connectivity index (χ1) is 7.11. The molecule has 0 aliphatic rings. The van der Waals surface area contributed by atoms with Crippen LogP contribution in [0, 0.1) is 0 Å². The minimum atomic E-state index is -0.396. The Balaban J connectivity index is 3.35. The van der Waals surface area contributed by atoms with Crippen molar-refractivity contribution in [3.8, 4) is 0 Å². The average Bonchev–Trinajstić information content (AvgIpc) is 2.23. The number of nitrogens with two attached hydrogens (primary N) is 1. The first-order valence-electron chi connectivity index (χ1n) is 5.87. The van der Waals surface area contributed by atoms with E-state index in [0.29, 0.717) is 0 Å². The van der Waals surface area contributed by atoms with Gasteiger partial charge in [0.1, 0.15) is 0 Å². The lowest BCUT2D eigenvalue weighted by molar-refractivity contribution is -0.121. The standard InChI is InChI=1S/C11H25N3O/c1-4-14(5-2)9-7-6-8-13-11(15)10(3)12/h10H,4-9,12H2,1-3H3,(H,13,15). The highest BCUT2D eigenvalue weighted by molar-refractivity contribution is 5.80. The lowest BCUT2D eigenvalue weighted by atomic mass is 10.2. The van der Waals surface area contributed by atoms with Gasteiger partial charge in [-0.3, -0.25) is 4.79 Å². The number of hydrogen-bond donors (Lipinski definition) is 2. The monoisotopic (exact) mass is 215 g/mol. The van der Waals surface area contributed by atoms with Crippen LogP contribution < -0.4 is 11.1 Å². The van der Waals surface area contributed by atoms with Crippen LogP contribution in [-0.4, -0.2) is 43.0 Å². The van der Waals surface area contributed by atoms with E-state index in [1.807, 2.05) is 0 Å². The second-order valence-corrected chi connectivity index (χ2v) is 3.81. The highest BCUT2D eigenvalue weighted by atomic mass is 16.2. The highest BCUT2D eigenvalue weighted by Crippen LogP contribution is 1.93. The highest BCUT2D eigenvalue weighted by Gasteiger charge is 2.05. The fraction of sp³-hybridized carbons (Fsp3) is 0.909. The van der Waals surface area contributed by atoms with Crippen LogP contribution in [0.25, 0.3) is 0 Å². The van der Waals surface area contributed by atoms with E-state index in [1.165, 1.54) is 0 Å². The molecule has 0 bridgehead atoms.